The van der Waals surface area contributed by atoms with Crippen LogP contribution in [0.15, 0.2) is 0 Å². The average Bonchev–Trinajstić information content (AvgIpc) is 2.26. The molecule has 1 rings (SSSR count). The molecular formula is C7H12ClNO4S. The minimum Gasteiger partial charge on any atom is -0.465 e. The monoisotopic (exact) mass is 241 g/mol. The van der Waals surface area contributed by atoms with E-state index in [0.717, 1.165) is 4.90 Å². The van der Waals surface area contributed by atoms with Gasteiger partial charge in [-0.05, 0) is 6.92 Å². The van der Waals surface area contributed by atoms with Crippen molar-refractivity contribution < 1.29 is 18.3 Å². The Balaban J connectivity index is 2.83. The Labute approximate surface area is 87.6 Å². The lowest BCUT2D eigenvalue weighted by molar-refractivity contribution is 0.133. The van der Waals surface area contributed by atoms with E-state index in [1.165, 1.54) is 0 Å². The van der Waals surface area contributed by atoms with Crippen molar-refractivity contribution in [1.29, 1.82) is 0 Å². The van der Waals surface area contributed by atoms with Crippen molar-refractivity contribution in [2.75, 3.05) is 18.1 Å². The maximum absolute atomic E-state index is 11.2. The Hall–Kier alpha value is -0.490. The maximum atomic E-state index is 11.2. The van der Waals surface area contributed by atoms with E-state index in [1.807, 2.05) is 0 Å². The second-order valence-electron chi connectivity index (χ2n) is 3.23. The number of carboxylic acid groups (broad SMARTS) is 1. The number of alkyl halides is 1. The molecule has 14 heavy (non-hydrogen) atoms. The molecule has 1 N–H and O–H groups in total. The molecule has 1 saturated heterocycles. The lowest BCUT2D eigenvalue weighted by Crippen LogP contribution is -2.44. The second-order valence-corrected chi connectivity index (χ2v) is 5.94. The first kappa shape index (κ1) is 11.6. The largest absolute Gasteiger partial charge is 0.465 e. The summed E-state index contributed by atoms with van der Waals surface area (Å²) in [6, 6.07) is -0.607. The Morgan fingerprint density at radius 1 is 1.57 bits per heavy atom. The van der Waals surface area contributed by atoms with Crippen molar-refractivity contribution in [3.05, 3.63) is 0 Å². The van der Waals surface area contributed by atoms with E-state index in [4.69, 9.17) is 16.7 Å². The quantitative estimate of drug-likeness (QED) is 0.710. The molecule has 0 aromatic heterocycles. The summed E-state index contributed by atoms with van der Waals surface area (Å²) in [7, 11) is -3.17. The predicted octanol–water partition coefficient (Wildman–Crippen LogP) is 0.391. The highest BCUT2D eigenvalue weighted by atomic mass is 35.5. The third-order valence-corrected chi connectivity index (χ3v) is 4.59. The molecule has 1 aliphatic rings. The SMILES string of the molecule is CCN(C(=O)O)C1CS(=O)(=O)CC1Cl. The number of carbonyl (C=O) groups is 1. The summed E-state index contributed by atoms with van der Waals surface area (Å²) >= 11 is 5.80. The summed E-state index contributed by atoms with van der Waals surface area (Å²) in [5.74, 6) is -0.301. The highest BCUT2D eigenvalue weighted by molar-refractivity contribution is 7.91. The molecule has 0 radical (unpaired) electrons. The molecule has 1 heterocycles. The van der Waals surface area contributed by atoms with Crippen molar-refractivity contribution >= 4 is 27.5 Å². The van der Waals surface area contributed by atoms with Crippen LogP contribution in [-0.4, -0.2) is 54.0 Å². The van der Waals surface area contributed by atoms with Gasteiger partial charge in [0.15, 0.2) is 9.84 Å². The van der Waals surface area contributed by atoms with E-state index in [1.54, 1.807) is 6.92 Å². The van der Waals surface area contributed by atoms with Gasteiger partial charge in [-0.25, -0.2) is 13.2 Å². The first-order valence-corrected chi connectivity index (χ1v) is 6.47. The molecule has 0 aliphatic carbocycles. The van der Waals surface area contributed by atoms with Crippen molar-refractivity contribution in [2.45, 2.75) is 18.3 Å². The zero-order chi connectivity index (χ0) is 10.9. The van der Waals surface area contributed by atoms with Gasteiger partial charge in [-0.2, -0.15) is 0 Å². The fraction of sp³-hybridized carbons (Fsp3) is 0.857. The van der Waals surface area contributed by atoms with E-state index in [9.17, 15) is 13.2 Å². The van der Waals surface area contributed by atoms with E-state index < -0.39 is 27.3 Å². The summed E-state index contributed by atoms with van der Waals surface area (Å²) in [5, 5.41) is 8.17. The van der Waals surface area contributed by atoms with Crippen LogP contribution in [0, 0.1) is 0 Å². The van der Waals surface area contributed by atoms with Crippen molar-refractivity contribution in [2.24, 2.45) is 0 Å². The van der Waals surface area contributed by atoms with Crippen LogP contribution in [0.5, 0.6) is 0 Å². The Kier molecular flexibility index (Phi) is 3.26. The number of rotatable bonds is 2. The summed E-state index contributed by atoms with van der Waals surface area (Å²) in [6.45, 7) is 1.90. The molecule has 1 aliphatic heterocycles. The fourth-order valence-corrected chi connectivity index (χ4v) is 4.27. The van der Waals surface area contributed by atoms with Gasteiger partial charge in [0, 0.05) is 6.54 Å². The van der Waals surface area contributed by atoms with Gasteiger partial charge in [0.05, 0.1) is 22.9 Å². The Morgan fingerprint density at radius 2 is 2.14 bits per heavy atom. The van der Waals surface area contributed by atoms with Crippen LogP contribution in [-0.2, 0) is 9.84 Å². The lowest BCUT2D eigenvalue weighted by atomic mass is 10.2. The topological polar surface area (TPSA) is 74.7 Å². The molecule has 0 bridgehead atoms. The number of amides is 1. The molecule has 5 nitrogen and oxygen atoms in total. The number of hydrogen-bond acceptors (Lipinski definition) is 3. The third-order valence-electron chi connectivity index (χ3n) is 2.24. The fourth-order valence-electron chi connectivity index (χ4n) is 1.58. The van der Waals surface area contributed by atoms with Crippen LogP contribution in [0.3, 0.4) is 0 Å². The molecule has 2 unspecified atom stereocenters. The van der Waals surface area contributed by atoms with Crippen LogP contribution < -0.4 is 0 Å². The van der Waals surface area contributed by atoms with Crippen LogP contribution in [0.2, 0.25) is 0 Å². The smallest absolute Gasteiger partial charge is 0.407 e. The van der Waals surface area contributed by atoms with Gasteiger partial charge >= 0.3 is 6.09 Å². The average molecular weight is 242 g/mol. The Bertz CT molecular complexity index is 329. The molecule has 2 atom stereocenters. The van der Waals surface area contributed by atoms with Crippen molar-refractivity contribution in [1.82, 2.24) is 4.90 Å². The maximum Gasteiger partial charge on any atom is 0.407 e. The molecular weight excluding hydrogens is 230 g/mol. The molecule has 82 valence electrons. The molecule has 1 fully saturated rings. The Morgan fingerprint density at radius 3 is 2.43 bits per heavy atom. The van der Waals surface area contributed by atoms with Gasteiger partial charge < -0.3 is 10.0 Å². The van der Waals surface area contributed by atoms with Crippen LogP contribution in [0.25, 0.3) is 0 Å². The molecule has 0 aromatic rings. The first-order chi connectivity index (χ1) is 6.37. The molecule has 0 spiro atoms. The van der Waals surface area contributed by atoms with Gasteiger partial charge in [-0.15, -0.1) is 11.6 Å². The van der Waals surface area contributed by atoms with Crippen molar-refractivity contribution in [3.63, 3.8) is 0 Å². The minimum absolute atomic E-state index is 0.136. The highest BCUT2D eigenvalue weighted by Crippen LogP contribution is 2.22. The molecule has 7 heteroatoms. The third kappa shape index (κ3) is 2.30. The minimum atomic E-state index is -3.17. The predicted molar refractivity (Wildman–Crippen MR) is 52.5 cm³/mol. The van der Waals surface area contributed by atoms with Gasteiger partial charge in [0.1, 0.15) is 0 Å². The van der Waals surface area contributed by atoms with E-state index >= 15 is 0 Å². The number of nitrogens with zero attached hydrogens (tertiary/aromatic N) is 1. The summed E-state index contributed by atoms with van der Waals surface area (Å²) in [4.78, 5) is 11.8. The molecule has 0 aromatic carbocycles. The van der Waals surface area contributed by atoms with Crippen LogP contribution >= 0.6 is 11.6 Å². The number of hydrogen-bond donors (Lipinski definition) is 1. The van der Waals surface area contributed by atoms with Gasteiger partial charge in [-0.3, -0.25) is 0 Å². The van der Waals surface area contributed by atoms with Gasteiger partial charge in [-0.1, -0.05) is 0 Å². The van der Waals surface area contributed by atoms with Crippen LogP contribution in [0.4, 0.5) is 4.79 Å². The lowest BCUT2D eigenvalue weighted by Gasteiger charge is -2.25. The summed E-state index contributed by atoms with van der Waals surface area (Å²) in [5.41, 5.74) is 0. The van der Waals surface area contributed by atoms with E-state index in [0.29, 0.717) is 0 Å². The molecule has 1 amide bonds. The zero-order valence-corrected chi connectivity index (χ0v) is 9.25. The van der Waals surface area contributed by atoms with Gasteiger partial charge in [0.2, 0.25) is 0 Å². The summed E-state index contributed by atoms with van der Waals surface area (Å²) < 4.78 is 22.4. The number of halogens is 1. The van der Waals surface area contributed by atoms with Crippen molar-refractivity contribution in [3.8, 4) is 0 Å². The van der Waals surface area contributed by atoms with Crippen LogP contribution in [0.1, 0.15) is 6.92 Å². The second kappa shape index (κ2) is 3.94. The normalized spacial score (nSPS) is 30.1. The van der Waals surface area contributed by atoms with Gasteiger partial charge in [0.25, 0.3) is 0 Å². The highest BCUT2D eigenvalue weighted by Gasteiger charge is 2.41. The van der Waals surface area contributed by atoms with E-state index in [2.05, 4.69) is 0 Å². The standard InChI is InChI=1S/C7H12ClNO4S/c1-2-9(7(10)11)6-4-14(12,13)3-5(6)8/h5-6H,2-4H2,1H3,(H,10,11). The first-order valence-electron chi connectivity index (χ1n) is 4.21. The van der Waals surface area contributed by atoms with E-state index in [-0.39, 0.29) is 18.1 Å². The molecule has 0 saturated carbocycles. The summed E-state index contributed by atoms with van der Waals surface area (Å²) in [6.07, 6.45) is -1.12. The number of sulfone groups is 1. The zero-order valence-electron chi connectivity index (χ0n) is 7.68.